The fraction of sp³-hybridized carbons (Fsp3) is 0.105. The summed E-state index contributed by atoms with van der Waals surface area (Å²) >= 11 is 0. The Hall–Kier alpha value is -11.1. The van der Waals surface area contributed by atoms with Crippen LogP contribution in [0.25, 0.3) is 35.7 Å². The molecule has 0 radical (unpaired) electrons. The predicted octanol–water partition coefficient (Wildman–Crippen LogP) is 6.42. The molecule has 9 aromatic rings. The number of aromatic amines is 4. The van der Waals surface area contributed by atoms with Crippen molar-refractivity contribution in [1.82, 2.24) is 34.5 Å². The smallest absolute Gasteiger partial charge is 0.338 e. The minimum Gasteiger partial charge on any atom is -0.478 e. The molecule has 0 aliphatic carbocycles. The van der Waals surface area contributed by atoms with Crippen molar-refractivity contribution in [2.45, 2.75) is 38.3 Å². The molecule has 0 amide bonds. The first-order chi connectivity index (χ1) is 46.0. The van der Waals surface area contributed by atoms with Gasteiger partial charge in [-0.15, -0.1) is 20.5 Å². The van der Waals surface area contributed by atoms with Gasteiger partial charge in [0.1, 0.15) is 31.0 Å². The standard InChI is InChI=1S/C57H48N14O22S5/c1-30-49(65-63-43-6-4-3-5-41(43)53(74)75)51(72)70(67-30)38-17-13-34(47(27-38)97(87,88)89)9-7-32-11-15-36(25-45(32)95(81,82)83)58-55-60-56(62-57(61-55)69-21-23-93-24-22-69)59-37-16-12-33(46(26-37)96(84,85)86)8-10-35-14-18-39(28-48(35)98(90,91)92)71-52(73)50(31(2)68-71)66-64-44-20-19-40(94(78,79)80)29-42(44)54(76)77/h3-20,25-29,67-68H,21-24H2,1-2H3,(H,74,75)(H,76,77)(H,78,79,80)(H,81,82,83)(H,84,85,86)(H,87,88,89)(H,90,91,92)(H2,58,59,60,61,62). The van der Waals surface area contributed by atoms with Crippen LogP contribution in [0.5, 0.6) is 0 Å². The SMILES string of the molecule is Cc1[nH]n(-c2ccc(C=Cc3ccc(N=c4nc(N5CCOCC5)[nH]c(=Nc5ccc(C=Cc6ccc(-n7[nH]c(C)c(N=Nc8ccc(S(=O)(=O)O)cc8C(=O)O)c7=O)cc6S(=O)(=O)O)c(S(=O)(=O)O)c5)[nH]4)cc3S(=O)(=O)O)c(S(=O)(=O)O)c2)c(=O)c1N=Nc1ccccc1C(=O)O. The fourth-order valence-corrected chi connectivity index (χ4v) is 12.9. The number of ether oxygens (including phenoxy) is 1. The van der Waals surface area contributed by atoms with E-state index in [4.69, 9.17) is 4.74 Å². The van der Waals surface area contributed by atoms with E-state index >= 15 is 0 Å². The quantitative estimate of drug-likeness (QED) is 0.0223. The van der Waals surface area contributed by atoms with Crippen molar-refractivity contribution in [2.75, 3.05) is 31.2 Å². The molecule has 0 atom stereocenters. The van der Waals surface area contributed by atoms with Gasteiger partial charge in [0.2, 0.25) is 17.2 Å². The lowest BCUT2D eigenvalue weighted by molar-refractivity contribution is 0.0686. The summed E-state index contributed by atoms with van der Waals surface area (Å²) in [4.78, 5) is 67.7. The lowest BCUT2D eigenvalue weighted by Crippen LogP contribution is -2.40. The molecular weight excluding hydrogens is 1390 g/mol. The van der Waals surface area contributed by atoms with E-state index in [1.165, 1.54) is 80.6 Å². The Morgan fingerprint density at radius 1 is 0.500 bits per heavy atom. The molecule has 0 spiro atoms. The van der Waals surface area contributed by atoms with Crippen LogP contribution in [0, 0.1) is 13.8 Å². The number of aromatic nitrogens is 7. The van der Waals surface area contributed by atoms with E-state index < -0.39 is 115 Å². The zero-order chi connectivity index (χ0) is 71.0. The van der Waals surface area contributed by atoms with Crippen LogP contribution in [0.15, 0.2) is 180 Å². The summed E-state index contributed by atoms with van der Waals surface area (Å²) < 4.78 is 185. The molecule has 98 heavy (non-hydrogen) atoms. The number of azo groups is 2. The number of nitrogens with zero attached hydrogens (tertiary/aromatic N) is 10. The van der Waals surface area contributed by atoms with Gasteiger partial charge < -0.3 is 19.8 Å². The summed E-state index contributed by atoms with van der Waals surface area (Å²) in [5, 5.41) is 39.9. The molecule has 0 unspecified atom stereocenters. The number of benzene rings is 6. The van der Waals surface area contributed by atoms with E-state index in [2.05, 4.69) is 55.6 Å². The number of rotatable bonds is 20. The van der Waals surface area contributed by atoms with E-state index in [-0.39, 0.29) is 117 Å². The minimum atomic E-state index is -5.16. The lowest BCUT2D eigenvalue weighted by Gasteiger charge is -2.26. The molecule has 4 heterocycles. The van der Waals surface area contributed by atoms with Crippen molar-refractivity contribution >= 4 is 127 Å². The zero-order valence-corrected chi connectivity index (χ0v) is 54.0. The molecule has 1 aliphatic rings. The minimum absolute atomic E-state index is 0.0105. The second-order valence-electron chi connectivity index (χ2n) is 20.8. The maximum atomic E-state index is 13.6. The van der Waals surface area contributed by atoms with E-state index in [1.807, 2.05) is 0 Å². The van der Waals surface area contributed by atoms with Crippen molar-refractivity contribution < 1.29 is 89.4 Å². The number of carboxylic acids is 2. The average molecular weight is 1440 g/mol. The van der Waals surface area contributed by atoms with Gasteiger partial charge in [-0.2, -0.15) is 47.1 Å². The molecule has 10 rings (SSSR count). The van der Waals surface area contributed by atoms with E-state index in [9.17, 15) is 94.2 Å². The Bertz CT molecular complexity index is 5820. The van der Waals surface area contributed by atoms with Gasteiger partial charge in [-0.25, -0.2) is 28.9 Å². The molecule has 0 bridgehead atoms. The van der Waals surface area contributed by atoms with Gasteiger partial charge in [0.15, 0.2) is 11.4 Å². The summed E-state index contributed by atoms with van der Waals surface area (Å²) in [7, 11) is -25.3. The molecule has 1 aliphatic heterocycles. The molecule has 3 aromatic heterocycles. The van der Waals surface area contributed by atoms with E-state index in [0.29, 0.717) is 6.07 Å². The lowest BCUT2D eigenvalue weighted by atomic mass is 10.1. The Morgan fingerprint density at radius 2 is 0.929 bits per heavy atom. The third-order valence-corrected chi connectivity index (χ3v) is 18.7. The molecular formula is C57H48N14O22S5. The number of hydrogen-bond donors (Lipinski definition) is 11. The molecule has 0 saturated carbocycles. The monoisotopic (exact) mass is 1440 g/mol. The molecule has 11 N–H and O–H groups in total. The van der Waals surface area contributed by atoms with Crippen molar-refractivity contribution in [3.8, 4) is 11.4 Å². The maximum absolute atomic E-state index is 13.6. The second kappa shape index (κ2) is 27.2. The van der Waals surface area contributed by atoms with Gasteiger partial charge in [0, 0.05) is 13.1 Å². The first-order valence-corrected chi connectivity index (χ1v) is 34.8. The van der Waals surface area contributed by atoms with Gasteiger partial charge in [-0.1, -0.05) is 60.7 Å². The molecule has 36 nitrogen and oxygen atoms in total. The highest BCUT2D eigenvalue weighted by Crippen LogP contribution is 2.32. The van der Waals surface area contributed by atoms with Gasteiger partial charge in [-0.05, 0) is 115 Å². The van der Waals surface area contributed by atoms with Gasteiger partial charge in [0.25, 0.3) is 61.7 Å². The number of carbonyl (C=O) groups is 2. The first-order valence-electron chi connectivity index (χ1n) is 27.6. The van der Waals surface area contributed by atoms with Crippen molar-refractivity contribution in [3.05, 3.63) is 192 Å². The Kier molecular flexibility index (Phi) is 19.3. The van der Waals surface area contributed by atoms with Crippen molar-refractivity contribution in [3.63, 3.8) is 0 Å². The van der Waals surface area contributed by atoms with Crippen LogP contribution in [-0.4, -0.2) is 148 Å². The van der Waals surface area contributed by atoms with Crippen LogP contribution in [-0.2, 0) is 55.3 Å². The largest absolute Gasteiger partial charge is 0.478 e. The van der Waals surface area contributed by atoms with Crippen LogP contribution in [0.1, 0.15) is 54.4 Å². The highest BCUT2D eigenvalue weighted by Gasteiger charge is 2.25. The van der Waals surface area contributed by atoms with Crippen LogP contribution in [0.3, 0.4) is 0 Å². The topological polar surface area (TPSA) is 553 Å². The van der Waals surface area contributed by atoms with Crippen LogP contribution < -0.4 is 27.3 Å². The fourth-order valence-electron chi connectivity index (χ4n) is 9.56. The van der Waals surface area contributed by atoms with E-state index in [1.54, 1.807) is 4.90 Å². The number of nitrogens with one attached hydrogen (secondary N) is 4. The Balaban J connectivity index is 0.952. The van der Waals surface area contributed by atoms with Crippen LogP contribution >= 0.6 is 0 Å². The summed E-state index contributed by atoms with van der Waals surface area (Å²) in [5.74, 6) is -2.85. The molecule has 1 fully saturated rings. The van der Waals surface area contributed by atoms with E-state index in [0.717, 1.165) is 76.1 Å². The summed E-state index contributed by atoms with van der Waals surface area (Å²) in [5.41, 5.74) is -5.82. The highest BCUT2D eigenvalue weighted by molar-refractivity contribution is 7.87. The third kappa shape index (κ3) is 15.7. The number of anilines is 1. The van der Waals surface area contributed by atoms with Gasteiger partial charge in [0.05, 0.1) is 63.4 Å². The van der Waals surface area contributed by atoms with Gasteiger partial charge >= 0.3 is 11.9 Å². The normalized spacial score (nSPS) is 14.1. The number of morpholine rings is 1. The maximum Gasteiger partial charge on any atom is 0.338 e. The number of H-pyrrole nitrogens is 4. The Labute approximate surface area is 551 Å². The summed E-state index contributed by atoms with van der Waals surface area (Å²) in [6.07, 6.45) is 4.32. The first kappa shape index (κ1) is 69.7. The van der Waals surface area contributed by atoms with Crippen molar-refractivity contribution in [2.24, 2.45) is 30.4 Å². The predicted molar refractivity (Wildman–Crippen MR) is 344 cm³/mol. The average Bonchev–Trinajstić information content (AvgIpc) is 1.56. The molecule has 1 saturated heterocycles. The number of aryl methyl sites for hydroxylation is 2. The Morgan fingerprint density at radius 3 is 1.38 bits per heavy atom. The second-order valence-corrected chi connectivity index (χ2v) is 27.8. The van der Waals surface area contributed by atoms with Gasteiger partial charge in [-0.3, -0.25) is 52.5 Å². The van der Waals surface area contributed by atoms with Crippen LogP contribution in [0.2, 0.25) is 0 Å². The summed E-state index contributed by atoms with van der Waals surface area (Å²) in [6, 6.07) is 21.3. The third-order valence-electron chi connectivity index (χ3n) is 14.2. The number of aromatic carboxylic acids is 2. The zero-order valence-electron chi connectivity index (χ0n) is 49.9. The number of hydrogen-bond acceptors (Lipinski definition) is 23. The number of carboxylic acid groups (broad SMARTS) is 2. The summed E-state index contributed by atoms with van der Waals surface area (Å²) in [6.45, 7) is 3.85. The molecule has 508 valence electrons. The van der Waals surface area contributed by atoms with Crippen molar-refractivity contribution in [1.29, 1.82) is 0 Å². The van der Waals surface area contributed by atoms with Crippen LogP contribution in [0.4, 0.5) is 40.1 Å². The molecule has 41 heteroatoms. The molecule has 6 aromatic carbocycles. The highest BCUT2D eigenvalue weighted by atomic mass is 32.2.